The Labute approximate surface area is 118 Å². The van der Waals surface area contributed by atoms with Gasteiger partial charge in [-0.25, -0.2) is 0 Å². The lowest BCUT2D eigenvalue weighted by atomic mass is 9.97. The summed E-state index contributed by atoms with van der Waals surface area (Å²) in [4.78, 5) is 2.58. The van der Waals surface area contributed by atoms with E-state index in [1.54, 1.807) is 0 Å². The van der Waals surface area contributed by atoms with E-state index in [0.717, 1.165) is 13.0 Å². The summed E-state index contributed by atoms with van der Waals surface area (Å²) >= 11 is 0. The monoisotopic (exact) mass is 260 g/mol. The van der Waals surface area contributed by atoms with Crippen molar-refractivity contribution in [2.45, 2.75) is 51.5 Å². The van der Waals surface area contributed by atoms with Crippen molar-refractivity contribution in [3.05, 3.63) is 35.4 Å². The third-order valence-corrected chi connectivity index (χ3v) is 4.30. The molecule has 2 rings (SSSR count). The number of likely N-dealkylation sites (tertiary alicyclic amines) is 1. The molecule has 2 heteroatoms. The molecule has 1 heterocycles. The summed E-state index contributed by atoms with van der Waals surface area (Å²) in [5.74, 6) is 0.612. The number of benzene rings is 1. The van der Waals surface area contributed by atoms with Gasteiger partial charge in [0.25, 0.3) is 0 Å². The molecule has 1 atom stereocenters. The molecule has 106 valence electrons. The Morgan fingerprint density at radius 3 is 2.21 bits per heavy atom. The number of nitrogens with two attached hydrogens (primary N) is 1. The average Bonchev–Trinajstić information content (AvgIpc) is 2.46. The molecule has 19 heavy (non-hydrogen) atoms. The summed E-state index contributed by atoms with van der Waals surface area (Å²) in [6.07, 6.45) is 5.15. The molecular formula is C17H28N2. The first-order valence-corrected chi connectivity index (χ1v) is 7.73. The van der Waals surface area contributed by atoms with Gasteiger partial charge >= 0.3 is 0 Å². The quantitative estimate of drug-likeness (QED) is 0.881. The van der Waals surface area contributed by atoms with Gasteiger partial charge in [0.2, 0.25) is 0 Å². The summed E-state index contributed by atoms with van der Waals surface area (Å²) in [6.45, 7) is 7.71. The zero-order valence-electron chi connectivity index (χ0n) is 12.4. The maximum atomic E-state index is 5.99. The average molecular weight is 260 g/mol. The van der Waals surface area contributed by atoms with E-state index < -0.39 is 0 Å². The summed E-state index contributed by atoms with van der Waals surface area (Å²) in [5.41, 5.74) is 8.83. The van der Waals surface area contributed by atoms with Crippen molar-refractivity contribution < 1.29 is 0 Å². The zero-order valence-corrected chi connectivity index (χ0v) is 12.4. The summed E-state index contributed by atoms with van der Waals surface area (Å²) in [5, 5.41) is 0. The van der Waals surface area contributed by atoms with Crippen LogP contribution in [0.4, 0.5) is 0 Å². The predicted octanol–water partition coefficient (Wildman–Crippen LogP) is 3.17. The van der Waals surface area contributed by atoms with E-state index in [2.05, 4.69) is 43.0 Å². The molecule has 0 spiro atoms. The van der Waals surface area contributed by atoms with Crippen LogP contribution in [0.5, 0.6) is 0 Å². The number of nitrogens with zero attached hydrogens (tertiary/aromatic N) is 1. The maximum absolute atomic E-state index is 5.99. The molecule has 0 saturated carbocycles. The molecule has 2 nitrogen and oxygen atoms in total. The molecule has 1 unspecified atom stereocenters. The molecule has 0 aromatic heterocycles. The van der Waals surface area contributed by atoms with E-state index in [0.29, 0.717) is 12.0 Å². The third kappa shape index (κ3) is 4.05. The Morgan fingerprint density at radius 2 is 1.68 bits per heavy atom. The Kier molecular flexibility index (Phi) is 5.41. The van der Waals surface area contributed by atoms with Gasteiger partial charge in [-0.1, -0.05) is 44.5 Å². The molecule has 1 aliphatic heterocycles. The fourth-order valence-corrected chi connectivity index (χ4v) is 2.96. The lowest BCUT2D eigenvalue weighted by Crippen LogP contribution is -2.44. The zero-order chi connectivity index (χ0) is 13.7. The van der Waals surface area contributed by atoms with Crippen LogP contribution < -0.4 is 5.73 Å². The Bertz CT molecular complexity index is 363. The van der Waals surface area contributed by atoms with E-state index in [-0.39, 0.29) is 0 Å². The van der Waals surface area contributed by atoms with E-state index in [1.165, 1.54) is 43.5 Å². The largest absolute Gasteiger partial charge is 0.329 e. The van der Waals surface area contributed by atoms with Gasteiger partial charge in [-0.15, -0.1) is 0 Å². The Hall–Kier alpha value is -0.860. The van der Waals surface area contributed by atoms with E-state index in [1.807, 2.05) is 0 Å². The van der Waals surface area contributed by atoms with Gasteiger partial charge in [-0.3, -0.25) is 4.90 Å². The van der Waals surface area contributed by atoms with Crippen molar-refractivity contribution in [1.82, 2.24) is 4.90 Å². The topological polar surface area (TPSA) is 29.3 Å². The molecule has 1 aromatic rings. The highest BCUT2D eigenvalue weighted by atomic mass is 15.2. The van der Waals surface area contributed by atoms with Crippen LogP contribution >= 0.6 is 0 Å². The second-order valence-electron chi connectivity index (χ2n) is 6.09. The molecular weight excluding hydrogens is 232 g/mol. The van der Waals surface area contributed by atoms with Crippen molar-refractivity contribution in [1.29, 1.82) is 0 Å². The van der Waals surface area contributed by atoms with Gasteiger partial charge in [0.15, 0.2) is 0 Å². The van der Waals surface area contributed by atoms with Gasteiger partial charge in [-0.05, 0) is 49.4 Å². The summed E-state index contributed by atoms with van der Waals surface area (Å²) in [7, 11) is 0. The van der Waals surface area contributed by atoms with Crippen LogP contribution in [-0.4, -0.2) is 30.6 Å². The van der Waals surface area contributed by atoms with Gasteiger partial charge < -0.3 is 5.73 Å². The van der Waals surface area contributed by atoms with Gasteiger partial charge in [0.05, 0.1) is 0 Å². The van der Waals surface area contributed by atoms with Crippen LogP contribution in [0.25, 0.3) is 0 Å². The first-order valence-electron chi connectivity index (χ1n) is 7.73. The van der Waals surface area contributed by atoms with Crippen LogP contribution in [0.1, 0.15) is 50.2 Å². The molecule has 1 aromatic carbocycles. The lowest BCUT2D eigenvalue weighted by Gasteiger charge is -2.34. The van der Waals surface area contributed by atoms with Gasteiger partial charge in [0, 0.05) is 12.6 Å². The Morgan fingerprint density at radius 1 is 1.05 bits per heavy atom. The minimum Gasteiger partial charge on any atom is -0.329 e. The number of hydrogen-bond acceptors (Lipinski definition) is 2. The second-order valence-corrected chi connectivity index (χ2v) is 6.09. The minimum atomic E-state index is 0.519. The second kappa shape index (κ2) is 7.06. The van der Waals surface area contributed by atoms with Crippen LogP contribution in [0.2, 0.25) is 0 Å². The normalized spacial score (nSPS) is 18.7. The number of rotatable bonds is 5. The molecule has 1 fully saturated rings. The van der Waals surface area contributed by atoms with Crippen LogP contribution in [-0.2, 0) is 6.42 Å². The maximum Gasteiger partial charge on any atom is 0.0258 e. The first kappa shape index (κ1) is 14.5. The number of hydrogen-bond donors (Lipinski definition) is 1. The Balaban J connectivity index is 1.97. The molecule has 1 saturated heterocycles. The van der Waals surface area contributed by atoms with Crippen LogP contribution in [0, 0.1) is 0 Å². The van der Waals surface area contributed by atoms with Crippen molar-refractivity contribution >= 4 is 0 Å². The predicted molar refractivity (Wildman–Crippen MR) is 82.5 cm³/mol. The lowest BCUT2D eigenvalue weighted by molar-refractivity contribution is 0.166. The van der Waals surface area contributed by atoms with E-state index >= 15 is 0 Å². The fourth-order valence-electron chi connectivity index (χ4n) is 2.96. The molecule has 0 radical (unpaired) electrons. The van der Waals surface area contributed by atoms with Crippen LogP contribution in [0.15, 0.2) is 24.3 Å². The molecule has 0 amide bonds. The standard InChI is InChI=1S/C17H28N2/c1-14(2)16-8-6-15(7-9-16)12-17(13-18)19-10-4-3-5-11-19/h6-9,14,17H,3-5,10-13,18H2,1-2H3. The third-order valence-electron chi connectivity index (χ3n) is 4.30. The first-order chi connectivity index (χ1) is 9.20. The van der Waals surface area contributed by atoms with Crippen molar-refractivity contribution in [2.24, 2.45) is 5.73 Å². The highest BCUT2D eigenvalue weighted by Gasteiger charge is 2.19. The molecule has 0 aliphatic carbocycles. The summed E-state index contributed by atoms with van der Waals surface area (Å²) < 4.78 is 0. The molecule has 0 bridgehead atoms. The van der Waals surface area contributed by atoms with Crippen molar-refractivity contribution in [2.75, 3.05) is 19.6 Å². The van der Waals surface area contributed by atoms with E-state index in [9.17, 15) is 0 Å². The molecule has 1 aliphatic rings. The molecule has 2 N–H and O–H groups in total. The highest BCUT2D eigenvalue weighted by Crippen LogP contribution is 2.18. The minimum absolute atomic E-state index is 0.519. The number of piperidine rings is 1. The SMILES string of the molecule is CC(C)c1ccc(CC(CN)N2CCCCC2)cc1. The summed E-state index contributed by atoms with van der Waals surface area (Å²) in [6, 6.07) is 9.61. The van der Waals surface area contributed by atoms with E-state index in [4.69, 9.17) is 5.73 Å². The van der Waals surface area contributed by atoms with Crippen LogP contribution in [0.3, 0.4) is 0 Å². The van der Waals surface area contributed by atoms with Crippen molar-refractivity contribution in [3.8, 4) is 0 Å². The van der Waals surface area contributed by atoms with Crippen molar-refractivity contribution in [3.63, 3.8) is 0 Å². The highest BCUT2D eigenvalue weighted by molar-refractivity contribution is 5.25. The fraction of sp³-hybridized carbons (Fsp3) is 0.647. The van der Waals surface area contributed by atoms with Gasteiger partial charge in [-0.2, -0.15) is 0 Å². The smallest absolute Gasteiger partial charge is 0.0258 e. The van der Waals surface area contributed by atoms with Gasteiger partial charge in [0.1, 0.15) is 0 Å².